The summed E-state index contributed by atoms with van der Waals surface area (Å²) in [5.74, 6) is -1.33. The van der Waals surface area contributed by atoms with Gasteiger partial charge in [-0.3, -0.25) is 9.59 Å². The van der Waals surface area contributed by atoms with Crippen LogP contribution in [-0.2, 0) is 19.1 Å². The van der Waals surface area contributed by atoms with E-state index in [1.165, 1.54) is 0 Å². The molecule has 0 fully saturated rings. The Morgan fingerprint density at radius 1 is 1.26 bits per heavy atom. The minimum absolute atomic E-state index is 0.00440. The van der Waals surface area contributed by atoms with Gasteiger partial charge in [0.2, 0.25) is 0 Å². The molecule has 0 aromatic rings. The van der Waals surface area contributed by atoms with Gasteiger partial charge in [-0.2, -0.15) is 0 Å². The average Bonchev–Trinajstić information content (AvgIpc) is 2.21. The number of rotatable bonds is 7. The average molecular weight is 335 g/mol. The number of hydrogen-bond acceptors (Lipinski definition) is 4. The van der Waals surface area contributed by atoms with Gasteiger partial charge in [-0.1, -0.05) is 29.4 Å². The van der Waals surface area contributed by atoms with Crippen LogP contribution in [0.1, 0.15) is 47.0 Å². The first-order valence-electron chi connectivity index (χ1n) is 6.37. The Hall–Kier alpha value is -0.840. The molecule has 0 saturated heterocycles. The van der Waals surface area contributed by atoms with Crippen molar-refractivity contribution in [2.75, 3.05) is 6.61 Å². The van der Waals surface area contributed by atoms with Crippen LogP contribution in [0.5, 0.6) is 0 Å². The number of esters is 2. The molecule has 0 bridgehead atoms. The molecule has 0 amide bonds. The van der Waals surface area contributed by atoms with Gasteiger partial charge in [0.05, 0.1) is 18.9 Å². The van der Waals surface area contributed by atoms with Crippen LogP contribution in [0.3, 0.4) is 0 Å². The third kappa shape index (κ3) is 9.70. The summed E-state index contributed by atoms with van der Waals surface area (Å²) in [5.41, 5.74) is -0.555. The third-order valence-electron chi connectivity index (χ3n) is 2.08. The van der Waals surface area contributed by atoms with E-state index in [1.54, 1.807) is 20.8 Å². The van der Waals surface area contributed by atoms with E-state index in [2.05, 4.69) is 22.5 Å². The summed E-state index contributed by atoms with van der Waals surface area (Å²) in [5, 5.41) is 0. The maximum Gasteiger partial charge on any atom is 0.309 e. The Labute approximate surface area is 123 Å². The van der Waals surface area contributed by atoms with Crippen molar-refractivity contribution in [3.63, 3.8) is 0 Å². The van der Waals surface area contributed by atoms with E-state index < -0.39 is 17.5 Å². The van der Waals surface area contributed by atoms with Crippen LogP contribution in [0.25, 0.3) is 0 Å². The molecule has 5 heteroatoms. The van der Waals surface area contributed by atoms with E-state index in [4.69, 9.17) is 9.47 Å². The summed E-state index contributed by atoms with van der Waals surface area (Å²) in [6.07, 6.45) is 1.12. The zero-order chi connectivity index (χ0) is 15.1. The Morgan fingerprint density at radius 2 is 1.84 bits per heavy atom. The number of hydrogen-bond donors (Lipinski definition) is 0. The zero-order valence-corrected chi connectivity index (χ0v) is 13.7. The van der Waals surface area contributed by atoms with Crippen molar-refractivity contribution in [3.05, 3.63) is 11.1 Å². The number of allylic oxidation sites excluding steroid dienone is 1. The molecule has 110 valence electrons. The maximum absolute atomic E-state index is 11.8. The second kappa shape index (κ2) is 8.35. The molecule has 0 N–H and O–H groups in total. The summed E-state index contributed by atoms with van der Waals surface area (Å²) >= 11 is 3.21. The summed E-state index contributed by atoms with van der Waals surface area (Å²) < 4.78 is 11.0. The minimum Gasteiger partial charge on any atom is -0.465 e. The van der Waals surface area contributed by atoms with Gasteiger partial charge in [0, 0.05) is 0 Å². The van der Waals surface area contributed by atoms with Crippen molar-refractivity contribution in [2.45, 2.75) is 52.6 Å². The minimum atomic E-state index is -0.555. The van der Waals surface area contributed by atoms with E-state index in [0.717, 1.165) is 6.42 Å². The summed E-state index contributed by atoms with van der Waals surface area (Å²) in [6, 6.07) is 0. The molecule has 4 nitrogen and oxygen atoms in total. The largest absolute Gasteiger partial charge is 0.465 e. The lowest BCUT2D eigenvalue weighted by molar-refractivity contribution is -0.161. The second-order valence-corrected chi connectivity index (χ2v) is 6.50. The Morgan fingerprint density at radius 3 is 2.26 bits per heavy atom. The Balaban J connectivity index is 4.54. The first-order valence-corrected chi connectivity index (χ1v) is 7.16. The van der Waals surface area contributed by atoms with E-state index in [1.807, 2.05) is 6.92 Å². The highest BCUT2D eigenvalue weighted by Crippen LogP contribution is 2.22. The fraction of sp³-hybridized carbons (Fsp3) is 0.714. The quantitative estimate of drug-likeness (QED) is 0.667. The lowest BCUT2D eigenvalue weighted by atomic mass is 10.0. The lowest BCUT2D eigenvalue weighted by Crippen LogP contribution is -2.28. The van der Waals surface area contributed by atoms with Crippen LogP contribution in [0.4, 0.5) is 0 Å². The Bertz CT molecular complexity index is 331. The van der Waals surface area contributed by atoms with Crippen LogP contribution in [-0.4, -0.2) is 24.1 Å². The normalized spacial score (nSPS) is 12.7. The number of carbonyl (C=O) groups excluding carboxylic acids is 2. The standard InChI is InChI=1S/C14H23BrO4/c1-6-7-18-13(17)11(8-10(2)15)9-12(16)19-14(3,4)5/h11H,2,6-9H2,1,3-5H3/t11-/m1/s1. The second-order valence-electron chi connectivity index (χ2n) is 5.38. The van der Waals surface area contributed by atoms with Crippen LogP contribution in [0.2, 0.25) is 0 Å². The molecule has 0 aliphatic rings. The smallest absolute Gasteiger partial charge is 0.309 e. The van der Waals surface area contributed by atoms with Gasteiger partial charge in [0.15, 0.2) is 0 Å². The highest BCUT2D eigenvalue weighted by Gasteiger charge is 2.26. The molecule has 0 spiro atoms. The number of halogens is 1. The molecule has 0 heterocycles. The molecule has 0 radical (unpaired) electrons. The first-order chi connectivity index (χ1) is 8.65. The van der Waals surface area contributed by atoms with Crippen molar-refractivity contribution in [1.82, 2.24) is 0 Å². The van der Waals surface area contributed by atoms with Crippen LogP contribution in [0.15, 0.2) is 11.1 Å². The van der Waals surface area contributed by atoms with Gasteiger partial charge >= 0.3 is 11.9 Å². The van der Waals surface area contributed by atoms with Crippen molar-refractivity contribution < 1.29 is 19.1 Å². The zero-order valence-electron chi connectivity index (χ0n) is 12.1. The van der Waals surface area contributed by atoms with Gasteiger partial charge in [-0.15, -0.1) is 0 Å². The molecule has 19 heavy (non-hydrogen) atoms. The molecule has 0 aromatic heterocycles. The predicted molar refractivity (Wildman–Crippen MR) is 77.9 cm³/mol. The van der Waals surface area contributed by atoms with Crippen LogP contribution >= 0.6 is 15.9 Å². The van der Waals surface area contributed by atoms with Gasteiger partial charge in [-0.25, -0.2) is 0 Å². The van der Waals surface area contributed by atoms with Crippen LogP contribution < -0.4 is 0 Å². The van der Waals surface area contributed by atoms with Gasteiger partial charge in [0.25, 0.3) is 0 Å². The maximum atomic E-state index is 11.8. The fourth-order valence-corrected chi connectivity index (χ4v) is 1.80. The van der Waals surface area contributed by atoms with Crippen molar-refractivity contribution in [2.24, 2.45) is 5.92 Å². The highest BCUT2D eigenvalue weighted by atomic mass is 79.9. The molecule has 0 unspecified atom stereocenters. The number of ether oxygens (including phenoxy) is 2. The summed E-state index contributed by atoms with van der Waals surface area (Å²) in [4.78, 5) is 23.6. The molecule has 0 aromatic carbocycles. The van der Waals surface area contributed by atoms with Crippen molar-refractivity contribution in [3.8, 4) is 0 Å². The summed E-state index contributed by atoms with van der Waals surface area (Å²) in [6.45, 7) is 11.3. The fourth-order valence-electron chi connectivity index (χ4n) is 1.41. The molecular formula is C14H23BrO4. The molecule has 0 rings (SSSR count). The third-order valence-corrected chi connectivity index (χ3v) is 2.41. The topological polar surface area (TPSA) is 52.6 Å². The van der Waals surface area contributed by atoms with Crippen molar-refractivity contribution >= 4 is 27.9 Å². The molecule has 1 atom stereocenters. The molecule has 0 aliphatic heterocycles. The SMILES string of the molecule is C=C(Br)C[C@H](CC(=O)OC(C)(C)C)C(=O)OCCC. The predicted octanol–water partition coefficient (Wildman–Crippen LogP) is 3.59. The van der Waals surface area contributed by atoms with Crippen molar-refractivity contribution in [1.29, 1.82) is 0 Å². The number of carbonyl (C=O) groups is 2. The van der Waals surface area contributed by atoms with Crippen LogP contribution in [0, 0.1) is 5.92 Å². The van der Waals surface area contributed by atoms with E-state index in [-0.39, 0.29) is 12.4 Å². The summed E-state index contributed by atoms with van der Waals surface area (Å²) in [7, 11) is 0. The van der Waals surface area contributed by atoms with E-state index >= 15 is 0 Å². The van der Waals surface area contributed by atoms with Gasteiger partial charge in [0.1, 0.15) is 5.60 Å². The monoisotopic (exact) mass is 334 g/mol. The van der Waals surface area contributed by atoms with Gasteiger partial charge in [-0.05, 0) is 38.1 Å². The first kappa shape index (κ1) is 18.2. The molecule has 0 aliphatic carbocycles. The molecular weight excluding hydrogens is 312 g/mol. The lowest BCUT2D eigenvalue weighted by Gasteiger charge is -2.21. The highest BCUT2D eigenvalue weighted by molar-refractivity contribution is 9.11. The Kier molecular flexibility index (Phi) is 7.99. The van der Waals surface area contributed by atoms with E-state index in [0.29, 0.717) is 17.5 Å². The molecule has 0 saturated carbocycles. The van der Waals surface area contributed by atoms with E-state index in [9.17, 15) is 9.59 Å². The van der Waals surface area contributed by atoms with Gasteiger partial charge < -0.3 is 9.47 Å².